The Balaban J connectivity index is 2.18. The highest BCUT2D eigenvalue weighted by Gasteiger charge is 2.26. The molecule has 0 spiro atoms. The molecule has 118 valence electrons. The Morgan fingerprint density at radius 3 is 2.90 bits per heavy atom. The number of piperidine rings is 1. The predicted octanol–water partition coefficient (Wildman–Crippen LogP) is 1.70. The van der Waals surface area contributed by atoms with Gasteiger partial charge in [-0.3, -0.25) is 0 Å². The van der Waals surface area contributed by atoms with E-state index in [-0.39, 0.29) is 17.5 Å². The zero-order valence-corrected chi connectivity index (χ0v) is 14.5. The topological polar surface area (TPSA) is 69.6 Å². The van der Waals surface area contributed by atoms with Crippen molar-refractivity contribution in [3.63, 3.8) is 0 Å². The minimum atomic E-state index is -3.59. The van der Waals surface area contributed by atoms with Gasteiger partial charge in [-0.1, -0.05) is 13.0 Å². The average Bonchev–Trinajstić information content (AvgIpc) is 2.47. The van der Waals surface area contributed by atoms with Crippen molar-refractivity contribution in [3.8, 4) is 0 Å². The maximum Gasteiger partial charge on any atom is 0.241 e. The zero-order valence-electron chi connectivity index (χ0n) is 12.0. The van der Waals surface area contributed by atoms with Crippen LogP contribution in [-0.4, -0.2) is 44.1 Å². The molecular weight excluding hydrogens is 356 g/mol. The summed E-state index contributed by atoms with van der Waals surface area (Å²) >= 11 is 3.27. The summed E-state index contributed by atoms with van der Waals surface area (Å²) in [5, 5.41) is 9.17. The Hall–Kier alpha value is -0.470. The fourth-order valence-corrected chi connectivity index (χ4v) is 4.85. The molecule has 0 aromatic heterocycles. The standard InChI is InChI=1S/C14H21BrN2O3S/c1-2-17-7-3-4-12(9-17)16-21(19,20)14-8-11(10-18)5-6-13(14)15/h5-6,8,12,16,18H,2-4,7,9-10H2,1H3. The monoisotopic (exact) mass is 376 g/mol. The van der Waals surface area contributed by atoms with Gasteiger partial charge in [-0.2, -0.15) is 0 Å². The SMILES string of the molecule is CCN1CCCC(NS(=O)(=O)c2cc(CO)ccc2Br)C1. The molecule has 2 rings (SSSR count). The third-order valence-corrected chi connectivity index (χ3v) is 6.26. The molecule has 1 aromatic rings. The Morgan fingerprint density at radius 2 is 2.24 bits per heavy atom. The molecule has 1 fully saturated rings. The van der Waals surface area contributed by atoms with Gasteiger partial charge in [0.25, 0.3) is 0 Å². The fourth-order valence-electron chi connectivity index (χ4n) is 2.57. The quantitative estimate of drug-likeness (QED) is 0.820. The molecule has 1 heterocycles. The summed E-state index contributed by atoms with van der Waals surface area (Å²) in [6.45, 7) is 4.61. The van der Waals surface area contributed by atoms with E-state index in [1.165, 1.54) is 6.07 Å². The molecule has 0 amide bonds. The highest BCUT2D eigenvalue weighted by Crippen LogP contribution is 2.24. The average molecular weight is 377 g/mol. The van der Waals surface area contributed by atoms with Gasteiger partial charge in [0.1, 0.15) is 0 Å². The molecule has 1 aliphatic heterocycles. The predicted molar refractivity (Wildman–Crippen MR) is 85.5 cm³/mol. The van der Waals surface area contributed by atoms with Crippen LogP contribution in [0.5, 0.6) is 0 Å². The number of benzene rings is 1. The van der Waals surface area contributed by atoms with Crippen LogP contribution in [0.3, 0.4) is 0 Å². The van der Waals surface area contributed by atoms with Gasteiger partial charge in [-0.05, 0) is 59.6 Å². The van der Waals surface area contributed by atoms with Crippen molar-refractivity contribution in [1.29, 1.82) is 0 Å². The summed E-state index contributed by atoms with van der Waals surface area (Å²) in [6.07, 6.45) is 1.85. The maximum atomic E-state index is 12.5. The Morgan fingerprint density at radius 1 is 1.48 bits per heavy atom. The second-order valence-corrected chi connectivity index (χ2v) is 7.81. The molecule has 1 aliphatic rings. The summed E-state index contributed by atoms with van der Waals surface area (Å²) in [5.41, 5.74) is 0.581. The van der Waals surface area contributed by atoms with E-state index in [0.717, 1.165) is 32.5 Å². The lowest BCUT2D eigenvalue weighted by Gasteiger charge is -2.32. The van der Waals surface area contributed by atoms with E-state index in [1.54, 1.807) is 12.1 Å². The lowest BCUT2D eigenvalue weighted by atomic mass is 10.1. The van der Waals surface area contributed by atoms with Crippen molar-refractivity contribution in [2.75, 3.05) is 19.6 Å². The van der Waals surface area contributed by atoms with E-state index < -0.39 is 10.0 Å². The highest BCUT2D eigenvalue weighted by atomic mass is 79.9. The van der Waals surface area contributed by atoms with E-state index in [4.69, 9.17) is 5.11 Å². The van der Waals surface area contributed by atoms with Gasteiger partial charge in [0.15, 0.2) is 0 Å². The van der Waals surface area contributed by atoms with E-state index in [1.807, 2.05) is 0 Å². The summed E-state index contributed by atoms with van der Waals surface area (Å²) in [5.74, 6) is 0. The molecule has 5 nitrogen and oxygen atoms in total. The third-order valence-electron chi connectivity index (χ3n) is 3.74. The van der Waals surface area contributed by atoms with Crippen LogP contribution >= 0.6 is 15.9 Å². The third kappa shape index (κ3) is 4.26. The van der Waals surface area contributed by atoms with Crippen molar-refractivity contribution in [1.82, 2.24) is 9.62 Å². The number of hydrogen-bond donors (Lipinski definition) is 2. The molecule has 7 heteroatoms. The molecule has 0 radical (unpaired) electrons. The normalized spacial score (nSPS) is 20.6. The summed E-state index contributed by atoms with van der Waals surface area (Å²) < 4.78 is 28.4. The van der Waals surface area contributed by atoms with Gasteiger partial charge in [0.2, 0.25) is 10.0 Å². The van der Waals surface area contributed by atoms with E-state index >= 15 is 0 Å². The van der Waals surface area contributed by atoms with Gasteiger partial charge >= 0.3 is 0 Å². The number of sulfonamides is 1. The number of hydrogen-bond acceptors (Lipinski definition) is 4. The fraction of sp³-hybridized carbons (Fsp3) is 0.571. The number of nitrogens with one attached hydrogen (secondary N) is 1. The highest BCUT2D eigenvalue weighted by molar-refractivity contribution is 9.10. The van der Waals surface area contributed by atoms with E-state index in [0.29, 0.717) is 10.0 Å². The smallest absolute Gasteiger partial charge is 0.241 e. The molecule has 2 N–H and O–H groups in total. The molecular formula is C14H21BrN2O3S. The van der Waals surface area contributed by atoms with Crippen molar-refractivity contribution < 1.29 is 13.5 Å². The van der Waals surface area contributed by atoms with Crippen molar-refractivity contribution in [2.24, 2.45) is 0 Å². The van der Waals surface area contributed by atoms with Gasteiger partial charge in [0.05, 0.1) is 11.5 Å². The van der Waals surface area contributed by atoms with Crippen LogP contribution in [0.15, 0.2) is 27.6 Å². The Bertz CT molecular complexity index is 592. The van der Waals surface area contributed by atoms with Gasteiger partial charge in [-0.15, -0.1) is 0 Å². The van der Waals surface area contributed by atoms with Crippen LogP contribution in [0.25, 0.3) is 0 Å². The number of aliphatic hydroxyl groups excluding tert-OH is 1. The molecule has 0 aliphatic carbocycles. The maximum absolute atomic E-state index is 12.5. The van der Waals surface area contributed by atoms with Gasteiger partial charge < -0.3 is 10.0 Å². The molecule has 1 atom stereocenters. The van der Waals surface area contributed by atoms with Crippen molar-refractivity contribution in [2.45, 2.75) is 37.3 Å². The Labute approximate surface area is 134 Å². The van der Waals surface area contributed by atoms with Crippen LogP contribution < -0.4 is 4.72 Å². The van der Waals surface area contributed by atoms with E-state index in [9.17, 15) is 8.42 Å². The lowest BCUT2D eigenvalue weighted by Crippen LogP contribution is -2.47. The number of nitrogens with zero attached hydrogens (tertiary/aromatic N) is 1. The molecule has 21 heavy (non-hydrogen) atoms. The molecule has 1 unspecified atom stereocenters. The first-order chi connectivity index (χ1) is 9.96. The number of likely N-dealkylation sites (N-methyl/N-ethyl adjacent to an activating group) is 1. The zero-order chi connectivity index (χ0) is 15.5. The van der Waals surface area contributed by atoms with Crippen LogP contribution in [0.2, 0.25) is 0 Å². The second kappa shape index (κ2) is 7.19. The number of likely N-dealkylation sites (tertiary alicyclic amines) is 1. The second-order valence-electron chi connectivity index (χ2n) is 5.28. The first kappa shape index (κ1) is 16.9. The number of aliphatic hydroxyl groups is 1. The Kier molecular flexibility index (Phi) is 5.79. The number of rotatable bonds is 5. The minimum Gasteiger partial charge on any atom is -0.392 e. The van der Waals surface area contributed by atoms with Crippen LogP contribution in [0.1, 0.15) is 25.3 Å². The minimum absolute atomic E-state index is 0.0617. The van der Waals surface area contributed by atoms with Crippen molar-refractivity contribution in [3.05, 3.63) is 28.2 Å². The van der Waals surface area contributed by atoms with Gasteiger partial charge in [-0.25, -0.2) is 13.1 Å². The van der Waals surface area contributed by atoms with E-state index in [2.05, 4.69) is 32.5 Å². The van der Waals surface area contributed by atoms with Crippen molar-refractivity contribution >= 4 is 26.0 Å². The lowest BCUT2D eigenvalue weighted by molar-refractivity contribution is 0.211. The number of halogens is 1. The van der Waals surface area contributed by atoms with Crippen LogP contribution in [0.4, 0.5) is 0 Å². The molecule has 1 saturated heterocycles. The molecule has 1 aromatic carbocycles. The van der Waals surface area contributed by atoms with Crippen LogP contribution in [0, 0.1) is 0 Å². The first-order valence-electron chi connectivity index (χ1n) is 7.10. The van der Waals surface area contributed by atoms with Gasteiger partial charge in [0, 0.05) is 17.1 Å². The van der Waals surface area contributed by atoms with Crippen LogP contribution in [-0.2, 0) is 16.6 Å². The first-order valence-corrected chi connectivity index (χ1v) is 9.38. The summed E-state index contributed by atoms with van der Waals surface area (Å²) in [6, 6.07) is 4.79. The summed E-state index contributed by atoms with van der Waals surface area (Å²) in [4.78, 5) is 2.43. The summed E-state index contributed by atoms with van der Waals surface area (Å²) in [7, 11) is -3.59. The molecule has 0 saturated carbocycles. The largest absolute Gasteiger partial charge is 0.392 e. The molecule has 0 bridgehead atoms.